The van der Waals surface area contributed by atoms with Gasteiger partial charge in [-0.15, -0.1) is 0 Å². The van der Waals surface area contributed by atoms with Gasteiger partial charge in [-0.25, -0.2) is 9.18 Å². The average molecular weight is 599 g/mol. The van der Waals surface area contributed by atoms with Crippen LogP contribution in [0, 0.1) is 5.82 Å². The highest BCUT2D eigenvalue weighted by atomic mass is 19.1. The van der Waals surface area contributed by atoms with Crippen molar-refractivity contribution in [3.8, 4) is 11.5 Å². The summed E-state index contributed by atoms with van der Waals surface area (Å²) in [7, 11) is 1.23. The van der Waals surface area contributed by atoms with E-state index in [1.807, 2.05) is 60.7 Å². The molecule has 0 aromatic heterocycles. The molecule has 9 heteroatoms. The number of nitrogens with one attached hydrogen (secondary N) is 2. The first-order chi connectivity index (χ1) is 21.3. The smallest absolute Gasteiger partial charge is 0.328 e. The van der Waals surface area contributed by atoms with Gasteiger partial charge >= 0.3 is 5.97 Å². The normalized spacial score (nSPS) is 12.0. The highest BCUT2D eigenvalue weighted by Gasteiger charge is 2.28. The predicted octanol–water partition coefficient (Wildman–Crippen LogP) is 4.93. The minimum atomic E-state index is -1.07. The number of methoxy groups -OCH3 is 1. The van der Waals surface area contributed by atoms with Crippen LogP contribution in [0.3, 0.4) is 0 Å². The van der Waals surface area contributed by atoms with Crippen LogP contribution in [0.25, 0.3) is 0 Å². The lowest BCUT2D eigenvalue weighted by Crippen LogP contribution is -2.53. The lowest BCUT2D eigenvalue weighted by atomic mass is 10.0. The van der Waals surface area contributed by atoms with Crippen molar-refractivity contribution < 1.29 is 33.0 Å². The molecule has 44 heavy (non-hydrogen) atoms. The van der Waals surface area contributed by atoms with Crippen LogP contribution in [0.15, 0.2) is 103 Å². The molecule has 2 amide bonds. The Labute approximate surface area is 256 Å². The minimum Gasteiger partial charge on any atom is -0.485 e. The van der Waals surface area contributed by atoms with Gasteiger partial charge in [0, 0.05) is 19.8 Å². The van der Waals surface area contributed by atoms with Gasteiger partial charge in [0.1, 0.15) is 31.1 Å². The number of amides is 2. The van der Waals surface area contributed by atoms with Crippen molar-refractivity contribution in [1.82, 2.24) is 10.6 Å². The lowest BCUT2D eigenvalue weighted by Gasteiger charge is -2.22. The zero-order valence-electron chi connectivity index (χ0n) is 24.6. The molecule has 8 nitrogen and oxygen atoms in total. The summed E-state index contributed by atoms with van der Waals surface area (Å²) < 4.78 is 31.0. The monoisotopic (exact) mass is 598 g/mol. The van der Waals surface area contributed by atoms with Gasteiger partial charge in [0.25, 0.3) is 0 Å². The number of hydrogen-bond donors (Lipinski definition) is 2. The van der Waals surface area contributed by atoms with Crippen molar-refractivity contribution in [2.75, 3.05) is 7.11 Å². The summed E-state index contributed by atoms with van der Waals surface area (Å²) in [5.74, 6) is -1.18. The molecule has 4 aromatic rings. The summed E-state index contributed by atoms with van der Waals surface area (Å²) in [5.41, 5.74) is 3.15. The third kappa shape index (κ3) is 9.69. The molecule has 0 saturated carbocycles. The Morgan fingerprint density at radius 1 is 0.659 bits per heavy atom. The van der Waals surface area contributed by atoms with E-state index in [2.05, 4.69) is 10.6 Å². The first-order valence-corrected chi connectivity index (χ1v) is 14.2. The molecular formula is C35H35FN2O6. The van der Waals surface area contributed by atoms with Gasteiger partial charge in [0.05, 0.1) is 7.11 Å². The molecule has 0 heterocycles. The molecule has 2 atom stereocenters. The van der Waals surface area contributed by atoms with Crippen LogP contribution in [-0.2, 0) is 45.2 Å². The SMILES string of the molecule is COC(=O)[C@@H](Cc1ccc(OCc2ccccc2)c(OCc2ccccc2)c1)NC(=O)[C@@H](Cc1cccc(F)c1)NC(C)=O. The summed E-state index contributed by atoms with van der Waals surface area (Å²) in [5, 5.41) is 5.29. The average Bonchev–Trinajstić information content (AvgIpc) is 3.03. The largest absolute Gasteiger partial charge is 0.485 e. The van der Waals surface area contributed by atoms with Crippen molar-refractivity contribution in [3.63, 3.8) is 0 Å². The predicted molar refractivity (Wildman–Crippen MR) is 163 cm³/mol. The van der Waals surface area contributed by atoms with Crippen molar-refractivity contribution in [2.45, 2.75) is 45.1 Å². The molecule has 0 aliphatic rings. The Hall–Kier alpha value is -5.18. The number of ether oxygens (including phenoxy) is 3. The number of rotatable bonds is 14. The Morgan fingerprint density at radius 2 is 1.23 bits per heavy atom. The molecule has 0 spiro atoms. The lowest BCUT2D eigenvalue weighted by molar-refractivity contribution is -0.145. The topological polar surface area (TPSA) is 103 Å². The van der Waals surface area contributed by atoms with Crippen LogP contribution >= 0.6 is 0 Å². The fourth-order valence-corrected chi connectivity index (χ4v) is 4.58. The number of benzene rings is 4. The van der Waals surface area contributed by atoms with Crippen LogP contribution in [0.5, 0.6) is 11.5 Å². The van der Waals surface area contributed by atoms with E-state index < -0.39 is 35.7 Å². The molecule has 0 saturated heterocycles. The van der Waals surface area contributed by atoms with E-state index in [1.165, 1.54) is 32.2 Å². The van der Waals surface area contributed by atoms with Crippen molar-refractivity contribution in [2.24, 2.45) is 0 Å². The second-order valence-corrected chi connectivity index (χ2v) is 10.2. The molecule has 0 fully saturated rings. The van der Waals surface area contributed by atoms with Gasteiger partial charge in [0.15, 0.2) is 11.5 Å². The third-order valence-corrected chi connectivity index (χ3v) is 6.75. The maximum atomic E-state index is 13.8. The molecule has 228 valence electrons. The molecule has 2 N–H and O–H groups in total. The maximum Gasteiger partial charge on any atom is 0.328 e. The fraction of sp³-hybridized carbons (Fsp3) is 0.229. The van der Waals surface area contributed by atoms with Crippen LogP contribution in [0.1, 0.15) is 29.2 Å². The molecule has 0 unspecified atom stereocenters. The van der Waals surface area contributed by atoms with E-state index in [9.17, 15) is 18.8 Å². The number of esters is 1. The van der Waals surface area contributed by atoms with Gasteiger partial charge in [-0.1, -0.05) is 78.9 Å². The Morgan fingerprint density at radius 3 is 1.82 bits per heavy atom. The maximum absolute atomic E-state index is 13.8. The summed E-state index contributed by atoms with van der Waals surface area (Å²) >= 11 is 0. The van der Waals surface area contributed by atoms with Gasteiger partial charge in [0.2, 0.25) is 11.8 Å². The summed E-state index contributed by atoms with van der Waals surface area (Å²) in [6.07, 6.45) is 0.105. The van der Waals surface area contributed by atoms with Crippen molar-refractivity contribution in [3.05, 3.63) is 131 Å². The molecular weight excluding hydrogens is 563 g/mol. The zero-order chi connectivity index (χ0) is 31.3. The van der Waals surface area contributed by atoms with Crippen LogP contribution in [-0.4, -0.2) is 37.0 Å². The Bertz CT molecular complexity index is 1550. The highest BCUT2D eigenvalue weighted by molar-refractivity contribution is 5.90. The van der Waals surface area contributed by atoms with Gasteiger partial charge in [-0.3, -0.25) is 9.59 Å². The van der Waals surface area contributed by atoms with E-state index in [0.29, 0.717) is 35.8 Å². The molecule has 4 rings (SSSR count). The number of carbonyl (C=O) groups excluding carboxylic acids is 3. The quantitative estimate of drug-likeness (QED) is 0.200. The number of carbonyl (C=O) groups is 3. The van der Waals surface area contributed by atoms with Crippen molar-refractivity contribution in [1.29, 1.82) is 0 Å². The highest BCUT2D eigenvalue weighted by Crippen LogP contribution is 2.31. The standard InChI is InChI=1S/C35H35FN2O6/c1-24(39)37-30(19-27-14-9-15-29(36)18-27)34(40)38-31(35(41)42-2)20-28-16-17-32(43-22-25-10-5-3-6-11-25)33(21-28)44-23-26-12-7-4-8-13-26/h3-18,21,30-31H,19-20,22-23H2,1-2H3,(H,37,39)(H,38,40)/t30-,31-/m1/s1. The first kappa shape index (κ1) is 31.7. The van der Waals surface area contributed by atoms with E-state index in [4.69, 9.17) is 14.2 Å². The third-order valence-electron chi connectivity index (χ3n) is 6.75. The number of hydrogen-bond acceptors (Lipinski definition) is 6. The summed E-state index contributed by atoms with van der Waals surface area (Å²) in [4.78, 5) is 38.0. The van der Waals surface area contributed by atoms with Crippen LogP contribution < -0.4 is 20.1 Å². The van der Waals surface area contributed by atoms with Gasteiger partial charge in [-0.2, -0.15) is 0 Å². The number of halogens is 1. The zero-order valence-corrected chi connectivity index (χ0v) is 24.6. The van der Waals surface area contributed by atoms with Crippen LogP contribution in [0.2, 0.25) is 0 Å². The first-order valence-electron chi connectivity index (χ1n) is 14.2. The second kappa shape index (κ2) is 15.9. The Kier molecular flexibility index (Phi) is 11.5. The van der Waals surface area contributed by atoms with E-state index in [-0.39, 0.29) is 12.8 Å². The van der Waals surface area contributed by atoms with Gasteiger partial charge in [-0.05, 0) is 46.5 Å². The molecule has 4 aromatic carbocycles. The molecule has 0 aliphatic carbocycles. The fourth-order valence-electron chi connectivity index (χ4n) is 4.58. The van der Waals surface area contributed by atoms with E-state index in [0.717, 1.165) is 11.1 Å². The molecule has 0 aliphatic heterocycles. The van der Waals surface area contributed by atoms with E-state index >= 15 is 0 Å². The van der Waals surface area contributed by atoms with Crippen molar-refractivity contribution >= 4 is 17.8 Å². The Balaban J connectivity index is 1.53. The van der Waals surface area contributed by atoms with Gasteiger partial charge < -0.3 is 24.8 Å². The second-order valence-electron chi connectivity index (χ2n) is 10.2. The van der Waals surface area contributed by atoms with E-state index in [1.54, 1.807) is 24.3 Å². The summed E-state index contributed by atoms with van der Waals surface area (Å²) in [6, 6.07) is 28.4. The minimum absolute atomic E-state index is 0.0298. The molecule has 0 radical (unpaired) electrons. The molecule has 0 bridgehead atoms. The van der Waals surface area contributed by atoms with Crippen LogP contribution in [0.4, 0.5) is 4.39 Å². The summed E-state index contributed by atoms with van der Waals surface area (Å²) in [6.45, 7) is 1.91.